The van der Waals surface area contributed by atoms with Crippen LogP contribution in [-0.4, -0.2) is 45.5 Å². The Morgan fingerprint density at radius 2 is 2.04 bits per heavy atom. The fourth-order valence-corrected chi connectivity index (χ4v) is 5.07. The van der Waals surface area contributed by atoms with Crippen molar-refractivity contribution in [2.24, 2.45) is 11.8 Å². The average Bonchev–Trinajstić information content (AvgIpc) is 3.35. The van der Waals surface area contributed by atoms with Crippen LogP contribution >= 0.6 is 0 Å². The summed E-state index contributed by atoms with van der Waals surface area (Å²) in [6.45, 7) is 4.99. The second-order valence-corrected chi connectivity index (χ2v) is 8.01. The first-order valence-electron chi connectivity index (χ1n) is 9.77. The Labute approximate surface area is 163 Å². The highest BCUT2D eigenvalue weighted by atomic mass is 19.1. The lowest BCUT2D eigenvalue weighted by molar-refractivity contribution is -0.130. The normalized spacial score (nSPS) is 24.8. The van der Waals surface area contributed by atoms with E-state index in [2.05, 4.69) is 21.2 Å². The molecule has 2 fully saturated rings. The number of hydrogen-bond acceptors (Lipinski definition) is 3. The van der Waals surface area contributed by atoms with Crippen molar-refractivity contribution >= 4 is 16.8 Å². The molecule has 6 heteroatoms. The van der Waals surface area contributed by atoms with Gasteiger partial charge in [-0.05, 0) is 29.7 Å². The zero-order chi connectivity index (χ0) is 19.3. The third kappa shape index (κ3) is 2.88. The number of nitrogens with zero attached hydrogens (tertiary/aromatic N) is 3. The monoisotopic (exact) mass is 378 g/mol. The molecule has 28 heavy (non-hydrogen) atoms. The van der Waals surface area contributed by atoms with Crippen LogP contribution in [0.5, 0.6) is 0 Å². The predicted octanol–water partition coefficient (Wildman–Crippen LogP) is 3.35. The van der Waals surface area contributed by atoms with Gasteiger partial charge in [0, 0.05) is 44.4 Å². The van der Waals surface area contributed by atoms with Crippen molar-refractivity contribution in [3.8, 4) is 0 Å². The number of nitrogens with one attached hydrogen (secondary N) is 1. The highest BCUT2D eigenvalue weighted by molar-refractivity contribution is 5.81. The lowest BCUT2D eigenvalue weighted by Gasteiger charge is -2.29. The van der Waals surface area contributed by atoms with Crippen molar-refractivity contribution in [3.63, 3.8) is 0 Å². The first-order valence-corrected chi connectivity index (χ1v) is 9.77. The van der Waals surface area contributed by atoms with E-state index in [0.29, 0.717) is 11.8 Å². The molecule has 1 aromatic heterocycles. The van der Waals surface area contributed by atoms with Crippen LogP contribution in [0.3, 0.4) is 0 Å². The van der Waals surface area contributed by atoms with Crippen LogP contribution in [-0.2, 0) is 11.3 Å². The van der Waals surface area contributed by atoms with Crippen molar-refractivity contribution < 1.29 is 9.18 Å². The summed E-state index contributed by atoms with van der Waals surface area (Å²) in [6, 6.07) is 14.8. The minimum Gasteiger partial charge on any atom is -0.335 e. The minimum atomic E-state index is -0.247. The van der Waals surface area contributed by atoms with E-state index < -0.39 is 0 Å². The standard InChI is InChI=1S/C22H23FN4O/c1-14(28)27-11-16-10-26(13-21-18-7-2-3-8-20(18)24-25-21)12-19(16)22(27)15-5-4-6-17(23)9-15/h2-9,16,19,22H,10-13H2,1H3,(H,24,25)/t16-,19-,22+/m1/s1. The van der Waals surface area contributed by atoms with Gasteiger partial charge in [-0.25, -0.2) is 4.39 Å². The molecule has 1 amide bonds. The molecule has 0 unspecified atom stereocenters. The van der Waals surface area contributed by atoms with Gasteiger partial charge in [-0.1, -0.05) is 30.3 Å². The maximum absolute atomic E-state index is 13.8. The van der Waals surface area contributed by atoms with Crippen LogP contribution in [0, 0.1) is 17.7 Å². The van der Waals surface area contributed by atoms with Gasteiger partial charge >= 0.3 is 0 Å². The summed E-state index contributed by atoms with van der Waals surface area (Å²) in [7, 11) is 0. The lowest BCUT2D eigenvalue weighted by Crippen LogP contribution is -2.34. The SMILES string of the molecule is CC(=O)N1C[C@H]2CN(Cc3[nH]nc4ccccc34)C[C@H]2[C@@H]1c1cccc(F)c1. The van der Waals surface area contributed by atoms with Crippen LogP contribution in [0.15, 0.2) is 48.5 Å². The second-order valence-electron chi connectivity index (χ2n) is 8.01. The van der Waals surface area contributed by atoms with Gasteiger partial charge in [-0.2, -0.15) is 5.10 Å². The number of H-pyrrole nitrogens is 1. The zero-order valence-corrected chi connectivity index (χ0v) is 15.8. The molecule has 2 aromatic carbocycles. The molecule has 0 radical (unpaired) electrons. The molecule has 0 saturated carbocycles. The maximum atomic E-state index is 13.8. The molecule has 2 saturated heterocycles. The molecule has 2 aliphatic rings. The number of para-hydroxylation sites is 1. The molecule has 5 nitrogen and oxygen atoms in total. The van der Waals surface area contributed by atoms with Gasteiger partial charge in [0.2, 0.25) is 5.91 Å². The van der Waals surface area contributed by atoms with Gasteiger partial charge in [-0.3, -0.25) is 14.8 Å². The highest BCUT2D eigenvalue weighted by Crippen LogP contribution is 2.45. The summed E-state index contributed by atoms with van der Waals surface area (Å²) in [5.74, 6) is 0.546. The fourth-order valence-electron chi connectivity index (χ4n) is 5.07. The van der Waals surface area contributed by atoms with E-state index in [9.17, 15) is 9.18 Å². The van der Waals surface area contributed by atoms with Crippen LogP contribution in [0.25, 0.3) is 10.9 Å². The van der Waals surface area contributed by atoms with E-state index in [-0.39, 0.29) is 17.8 Å². The Bertz CT molecular complexity index is 1030. The first kappa shape index (κ1) is 17.4. The Hall–Kier alpha value is -2.73. The van der Waals surface area contributed by atoms with Crippen LogP contribution < -0.4 is 0 Å². The number of benzene rings is 2. The molecule has 3 atom stereocenters. The highest BCUT2D eigenvalue weighted by Gasteiger charge is 2.48. The Morgan fingerprint density at radius 3 is 2.86 bits per heavy atom. The van der Waals surface area contributed by atoms with E-state index in [0.717, 1.165) is 48.3 Å². The number of amides is 1. The molecule has 5 rings (SSSR count). The topological polar surface area (TPSA) is 52.2 Å². The number of aromatic amines is 1. The van der Waals surface area contributed by atoms with Crippen molar-refractivity contribution in [2.75, 3.05) is 19.6 Å². The molecule has 3 heterocycles. The zero-order valence-electron chi connectivity index (χ0n) is 15.8. The van der Waals surface area contributed by atoms with Crippen molar-refractivity contribution in [1.82, 2.24) is 20.0 Å². The molecule has 3 aromatic rings. The molecule has 0 spiro atoms. The molecular weight excluding hydrogens is 355 g/mol. The molecule has 1 N–H and O–H groups in total. The summed E-state index contributed by atoms with van der Waals surface area (Å²) in [6.07, 6.45) is 0. The van der Waals surface area contributed by atoms with Gasteiger partial charge in [0.15, 0.2) is 0 Å². The second kappa shape index (κ2) is 6.71. The Kier molecular flexibility index (Phi) is 4.16. The van der Waals surface area contributed by atoms with E-state index >= 15 is 0 Å². The van der Waals surface area contributed by atoms with Crippen molar-refractivity contribution in [1.29, 1.82) is 0 Å². The molecular formula is C22H23FN4O. The van der Waals surface area contributed by atoms with E-state index in [1.54, 1.807) is 19.1 Å². The third-order valence-electron chi connectivity index (χ3n) is 6.26. The Morgan fingerprint density at radius 1 is 1.18 bits per heavy atom. The van der Waals surface area contributed by atoms with E-state index in [1.807, 2.05) is 29.2 Å². The maximum Gasteiger partial charge on any atom is 0.219 e. The number of carbonyl (C=O) groups is 1. The summed E-state index contributed by atoms with van der Waals surface area (Å²) in [4.78, 5) is 16.6. The summed E-state index contributed by atoms with van der Waals surface area (Å²) >= 11 is 0. The number of carbonyl (C=O) groups excluding carboxylic acids is 1. The largest absolute Gasteiger partial charge is 0.335 e. The Balaban J connectivity index is 1.39. The molecule has 144 valence electrons. The first-order chi connectivity index (χ1) is 13.6. The average molecular weight is 378 g/mol. The van der Waals surface area contributed by atoms with E-state index in [4.69, 9.17) is 0 Å². The van der Waals surface area contributed by atoms with E-state index in [1.165, 1.54) is 6.07 Å². The number of hydrogen-bond donors (Lipinski definition) is 1. The van der Waals surface area contributed by atoms with Gasteiger partial charge in [0.25, 0.3) is 0 Å². The van der Waals surface area contributed by atoms with Crippen LogP contribution in [0.4, 0.5) is 4.39 Å². The number of halogens is 1. The third-order valence-corrected chi connectivity index (χ3v) is 6.26. The lowest BCUT2D eigenvalue weighted by atomic mass is 9.89. The summed E-state index contributed by atoms with van der Waals surface area (Å²) in [5.41, 5.74) is 3.01. The number of aromatic nitrogens is 2. The van der Waals surface area contributed by atoms with Crippen LogP contribution in [0.2, 0.25) is 0 Å². The molecule has 0 bridgehead atoms. The number of likely N-dealkylation sites (tertiary alicyclic amines) is 2. The van der Waals surface area contributed by atoms with Gasteiger partial charge < -0.3 is 4.90 Å². The quantitative estimate of drug-likeness (QED) is 0.760. The summed E-state index contributed by atoms with van der Waals surface area (Å²) < 4.78 is 13.8. The smallest absolute Gasteiger partial charge is 0.219 e. The van der Waals surface area contributed by atoms with Gasteiger partial charge in [0.05, 0.1) is 17.3 Å². The van der Waals surface area contributed by atoms with Gasteiger partial charge in [-0.15, -0.1) is 0 Å². The summed E-state index contributed by atoms with van der Waals surface area (Å²) in [5, 5.41) is 8.73. The van der Waals surface area contributed by atoms with Crippen molar-refractivity contribution in [2.45, 2.75) is 19.5 Å². The molecule has 2 aliphatic heterocycles. The van der Waals surface area contributed by atoms with Crippen molar-refractivity contribution in [3.05, 3.63) is 65.6 Å². The van der Waals surface area contributed by atoms with Crippen LogP contribution in [0.1, 0.15) is 24.2 Å². The predicted molar refractivity (Wildman–Crippen MR) is 105 cm³/mol. The number of rotatable bonds is 3. The van der Waals surface area contributed by atoms with Gasteiger partial charge in [0.1, 0.15) is 5.82 Å². The number of fused-ring (bicyclic) bond motifs is 2. The minimum absolute atomic E-state index is 0.0540. The molecule has 0 aliphatic carbocycles. The fraction of sp³-hybridized carbons (Fsp3) is 0.364.